The maximum Gasteiger partial charge on any atom is 0.433 e. The minimum Gasteiger partial charge on any atom is -0.396 e. The largest absolute Gasteiger partial charge is 0.433 e. The van der Waals surface area contributed by atoms with E-state index in [0.717, 1.165) is 6.20 Å². The molecule has 0 radical (unpaired) electrons. The number of pyridine rings is 1. The van der Waals surface area contributed by atoms with E-state index < -0.39 is 24.7 Å². The molecule has 3 N–H and O–H groups in total. The summed E-state index contributed by atoms with van der Waals surface area (Å²) < 4.78 is 76.7. The SMILES string of the molecule is Nc1cnc(C(F)(F)F)cc1NCCOCC(F)(F)F. The highest BCUT2D eigenvalue weighted by Gasteiger charge is 2.33. The van der Waals surface area contributed by atoms with Gasteiger partial charge in [-0.2, -0.15) is 26.3 Å². The summed E-state index contributed by atoms with van der Waals surface area (Å²) >= 11 is 0. The zero-order valence-corrected chi connectivity index (χ0v) is 9.98. The molecule has 0 aliphatic carbocycles. The molecule has 0 aromatic carbocycles. The number of anilines is 2. The van der Waals surface area contributed by atoms with Crippen LogP contribution in [0.3, 0.4) is 0 Å². The summed E-state index contributed by atoms with van der Waals surface area (Å²) in [7, 11) is 0. The predicted octanol–water partition coefficient (Wildman–Crippen LogP) is 2.67. The molecule has 0 amide bonds. The number of aromatic nitrogens is 1. The molecule has 0 unspecified atom stereocenters. The molecule has 0 atom stereocenters. The zero-order valence-electron chi connectivity index (χ0n) is 9.98. The minimum absolute atomic E-state index is 0.0474. The lowest BCUT2D eigenvalue weighted by atomic mass is 10.2. The lowest BCUT2D eigenvalue weighted by molar-refractivity contribution is -0.172. The van der Waals surface area contributed by atoms with Crippen LogP contribution in [0.5, 0.6) is 0 Å². The van der Waals surface area contributed by atoms with Gasteiger partial charge in [-0.3, -0.25) is 0 Å². The third-order valence-electron chi connectivity index (χ3n) is 2.05. The first-order valence-electron chi connectivity index (χ1n) is 5.30. The highest BCUT2D eigenvalue weighted by molar-refractivity contribution is 5.65. The van der Waals surface area contributed by atoms with Gasteiger partial charge >= 0.3 is 12.4 Å². The van der Waals surface area contributed by atoms with E-state index in [1.54, 1.807) is 0 Å². The number of alkyl halides is 6. The number of nitrogens with two attached hydrogens (primary N) is 1. The van der Waals surface area contributed by atoms with Crippen molar-refractivity contribution in [3.05, 3.63) is 18.0 Å². The highest BCUT2D eigenvalue weighted by atomic mass is 19.4. The van der Waals surface area contributed by atoms with E-state index in [1.807, 2.05) is 0 Å². The molecule has 1 aromatic rings. The minimum atomic E-state index is -4.63. The monoisotopic (exact) mass is 303 g/mol. The van der Waals surface area contributed by atoms with E-state index in [2.05, 4.69) is 15.0 Å². The summed E-state index contributed by atoms with van der Waals surface area (Å²) in [6, 6.07) is 0.680. The number of hydrogen-bond donors (Lipinski definition) is 2. The molecular formula is C10H11F6N3O. The fraction of sp³-hybridized carbons (Fsp3) is 0.500. The van der Waals surface area contributed by atoms with Crippen LogP contribution >= 0.6 is 0 Å². The van der Waals surface area contributed by atoms with Crippen LogP contribution in [0.4, 0.5) is 37.7 Å². The molecular weight excluding hydrogens is 292 g/mol. The number of halogens is 6. The molecule has 10 heteroatoms. The molecule has 0 saturated carbocycles. The average molecular weight is 303 g/mol. The van der Waals surface area contributed by atoms with E-state index >= 15 is 0 Å². The van der Waals surface area contributed by atoms with Crippen LogP contribution in [0, 0.1) is 0 Å². The summed E-state index contributed by atoms with van der Waals surface area (Å²) in [6.07, 6.45) is -8.25. The van der Waals surface area contributed by atoms with Gasteiger partial charge in [0.1, 0.15) is 12.3 Å². The van der Waals surface area contributed by atoms with Crippen molar-refractivity contribution in [3.63, 3.8) is 0 Å². The second-order valence-corrected chi connectivity index (χ2v) is 3.75. The van der Waals surface area contributed by atoms with Crippen molar-refractivity contribution in [2.45, 2.75) is 12.4 Å². The third-order valence-corrected chi connectivity index (χ3v) is 2.05. The molecule has 1 aromatic heterocycles. The normalized spacial score (nSPS) is 12.5. The van der Waals surface area contributed by atoms with Crippen molar-refractivity contribution in [1.29, 1.82) is 0 Å². The van der Waals surface area contributed by atoms with Gasteiger partial charge in [0.25, 0.3) is 0 Å². The Labute approximate surface area is 109 Å². The van der Waals surface area contributed by atoms with Gasteiger partial charge in [0.15, 0.2) is 0 Å². The van der Waals surface area contributed by atoms with E-state index in [0.29, 0.717) is 6.07 Å². The summed E-state index contributed by atoms with van der Waals surface area (Å²) in [4.78, 5) is 3.12. The van der Waals surface area contributed by atoms with E-state index in [1.165, 1.54) is 0 Å². The summed E-state index contributed by atoms with van der Waals surface area (Å²) in [6.45, 7) is -1.88. The third kappa shape index (κ3) is 5.51. The van der Waals surface area contributed by atoms with Crippen molar-refractivity contribution in [1.82, 2.24) is 4.98 Å². The van der Waals surface area contributed by atoms with Crippen LogP contribution in [-0.2, 0) is 10.9 Å². The molecule has 0 spiro atoms. The Balaban J connectivity index is 2.52. The van der Waals surface area contributed by atoms with Crippen molar-refractivity contribution in [3.8, 4) is 0 Å². The van der Waals surface area contributed by atoms with Gasteiger partial charge in [-0.05, 0) is 6.07 Å². The van der Waals surface area contributed by atoms with Gasteiger partial charge in [0, 0.05) is 6.54 Å². The van der Waals surface area contributed by atoms with Gasteiger partial charge in [0.2, 0.25) is 0 Å². The molecule has 0 aliphatic heterocycles. The Hall–Kier alpha value is -1.71. The lowest BCUT2D eigenvalue weighted by Crippen LogP contribution is -2.20. The first-order valence-corrected chi connectivity index (χ1v) is 5.30. The van der Waals surface area contributed by atoms with Gasteiger partial charge < -0.3 is 15.8 Å². The number of nitrogens with one attached hydrogen (secondary N) is 1. The van der Waals surface area contributed by atoms with E-state index in [-0.39, 0.29) is 24.5 Å². The van der Waals surface area contributed by atoms with Gasteiger partial charge in [-0.1, -0.05) is 0 Å². The Kier molecular flexibility index (Phi) is 5.03. The van der Waals surface area contributed by atoms with Crippen LogP contribution in [-0.4, -0.2) is 30.9 Å². The molecule has 4 nitrogen and oxygen atoms in total. The number of nitrogen functional groups attached to an aromatic ring is 1. The molecule has 1 heterocycles. The van der Waals surface area contributed by atoms with Crippen molar-refractivity contribution >= 4 is 11.4 Å². The van der Waals surface area contributed by atoms with Crippen molar-refractivity contribution in [2.24, 2.45) is 0 Å². The lowest BCUT2D eigenvalue weighted by Gasteiger charge is -2.13. The topological polar surface area (TPSA) is 60.2 Å². The molecule has 0 bridgehead atoms. The predicted molar refractivity (Wildman–Crippen MR) is 59.0 cm³/mol. The number of ether oxygens (including phenoxy) is 1. The fourth-order valence-corrected chi connectivity index (χ4v) is 1.22. The Bertz CT molecular complexity index is 446. The summed E-state index contributed by atoms with van der Waals surface area (Å²) in [5, 5.41) is 2.45. The van der Waals surface area contributed by atoms with Crippen molar-refractivity contribution in [2.75, 3.05) is 30.8 Å². The Morgan fingerprint density at radius 3 is 2.40 bits per heavy atom. The molecule has 0 fully saturated rings. The quantitative estimate of drug-likeness (QED) is 0.648. The van der Waals surface area contributed by atoms with Gasteiger partial charge in [0.05, 0.1) is 24.2 Å². The van der Waals surface area contributed by atoms with Crippen LogP contribution in [0.2, 0.25) is 0 Å². The average Bonchev–Trinajstić information content (AvgIpc) is 2.28. The van der Waals surface area contributed by atoms with Crippen LogP contribution in [0.15, 0.2) is 12.3 Å². The number of hydrogen-bond acceptors (Lipinski definition) is 4. The van der Waals surface area contributed by atoms with E-state index in [4.69, 9.17) is 5.73 Å². The highest BCUT2D eigenvalue weighted by Crippen LogP contribution is 2.30. The van der Waals surface area contributed by atoms with Crippen LogP contribution < -0.4 is 11.1 Å². The molecule has 0 aliphatic rings. The zero-order chi connectivity index (χ0) is 15.4. The van der Waals surface area contributed by atoms with E-state index in [9.17, 15) is 26.3 Å². The fourth-order valence-electron chi connectivity index (χ4n) is 1.22. The second-order valence-electron chi connectivity index (χ2n) is 3.75. The van der Waals surface area contributed by atoms with Gasteiger partial charge in [-0.25, -0.2) is 4.98 Å². The second kappa shape index (κ2) is 6.16. The maximum atomic E-state index is 12.4. The first kappa shape index (κ1) is 16.3. The standard InChI is InChI=1S/C10H11F6N3O/c11-9(12,13)5-20-2-1-18-7-3-8(10(14,15)16)19-4-6(7)17/h3-4H,1-2,5,17H2,(H,18,19). The molecule has 1 rings (SSSR count). The van der Waals surface area contributed by atoms with Crippen LogP contribution in [0.25, 0.3) is 0 Å². The molecule has 0 saturated heterocycles. The Morgan fingerprint density at radius 2 is 1.85 bits per heavy atom. The summed E-state index contributed by atoms with van der Waals surface area (Å²) in [5.74, 6) is 0. The maximum absolute atomic E-state index is 12.4. The first-order chi connectivity index (χ1) is 9.09. The number of nitrogens with zero attached hydrogens (tertiary/aromatic N) is 1. The molecule has 20 heavy (non-hydrogen) atoms. The number of rotatable bonds is 5. The summed E-state index contributed by atoms with van der Waals surface area (Å²) in [5.41, 5.74) is 4.14. The van der Waals surface area contributed by atoms with Gasteiger partial charge in [-0.15, -0.1) is 0 Å². The Morgan fingerprint density at radius 1 is 1.20 bits per heavy atom. The van der Waals surface area contributed by atoms with Crippen molar-refractivity contribution < 1.29 is 31.1 Å². The molecule has 114 valence electrons. The van der Waals surface area contributed by atoms with Crippen LogP contribution in [0.1, 0.15) is 5.69 Å². The smallest absolute Gasteiger partial charge is 0.396 e.